The topological polar surface area (TPSA) is 89.9 Å². The number of rotatable bonds is 1. The molecular weight excluding hydrogens is 330 g/mol. The summed E-state index contributed by atoms with van der Waals surface area (Å²) in [6, 6.07) is 9.94. The van der Waals surface area contributed by atoms with Crippen LogP contribution in [-0.4, -0.2) is 53.4 Å². The Bertz CT molecular complexity index is 1200. The van der Waals surface area contributed by atoms with E-state index in [1.54, 1.807) is 6.33 Å². The molecule has 3 aromatic heterocycles. The van der Waals surface area contributed by atoms with Crippen LogP contribution in [0.25, 0.3) is 22.7 Å². The zero-order valence-corrected chi connectivity index (χ0v) is 13.9. The van der Waals surface area contributed by atoms with Gasteiger partial charge in [-0.05, 0) is 19.1 Å². The maximum absolute atomic E-state index is 4.90. The van der Waals surface area contributed by atoms with Crippen molar-refractivity contribution in [3.63, 3.8) is 0 Å². The summed E-state index contributed by atoms with van der Waals surface area (Å²) in [4.78, 5) is 16.4. The molecular formula is C17H13N9. The Kier molecular flexibility index (Phi) is 2.48. The average molecular weight is 343 g/mol. The number of anilines is 1. The van der Waals surface area contributed by atoms with E-state index in [1.165, 1.54) is 0 Å². The average Bonchev–Trinajstić information content (AvgIpc) is 3.40. The minimum atomic E-state index is 0.687. The normalized spacial score (nSPS) is 15.0. The molecule has 0 bridgehead atoms. The molecule has 0 radical (unpaired) electrons. The van der Waals surface area contributed by atoms with Crippen molar-refractivity contribution in [1.29, 1.82) is 0 Å². The summed E-state index contributed by atoms with van der Waals surface area (Å²) in [5, 5.41) is 12.9. The highest BCUT2D eigenvalue weighted by Gasteiger charge is 2.35. The fraction of sp³-hybridized carbons (Fsp3) is 0.176. The second kappa shape index (κ2) is 4.72. The highest BCUT2D eigenvalue weighted by molar-refractivity contribution is 6.13. The number of hydrogen-bond donors (Lipinski definition) is 0. The molecule has 0 atom stereocenters. The molecule has 0 fully saturated rings. The van der Waals surface area contributed by atoms with Gasteiger partial charge in [0, 0.05) is 6.54 Å². The summed E-state index contributed by atoms with van der Waals surface area (Å²) >= 11 is 0. The Morgan fingerprint density at radius 1 is 1.08 bits per heavy atom. The first kappa shape index (κ1) is 13.6. The third kappa shape index (κ3) is 1.64. The van der Waals surface area contributed by atoms with E-state index in [-0.39, 0.29) is 0 Å². The summed E-state index contributed by atoms with van der Waals surface area (Å²) in [6.45, 7) is 3.43. The second-order valence-corrected chi connectivity index (χ2v) is 6.26. The smallest absolute Gasteiger partial charge is 0.238 e. The maximum Gasteiger partial charge on any atom is 0.238 e. The van der Waals surface area contributed by atoms with Gasteiger partial charge in [-0.15, -0.1) is 10.2 Å². The molecule has 0 saturated heterocycles. The van der Waals surface area contributed by atoms with Crippen molar-refractivity contribution in [2.24, 2.45) is 4.99 Å². The summed E-state index contributed by atoms with van der Waals surface area (Å²) in [5.74, 6) is 2.22. The Morgan fingerprint density at radius 3 is 2.85 bits per heavy atom. The number of fused-ring (bicyclic) bond motifs is 7. The van der Waals surface area contributed by atoms with E-state index in [2.05, 4.69) is 20.3 Å². The molecule has 1 aromatic carbocycles. The SMILES string of the molecule is Cc1nn(-c2ccccc2)c2nc3c(nc12)C1=NCCN1c1nncn1-3. The predicted molar refractivity (Wildman–Crippen MR) is 95.1 cm³/mol. The van der Waals surface area contributed by atoms with E-state index >= 15 is 0 Å². The summed E-state index contributed by atoms with van der Waals surface area (Å²) in [7, 11) is 0. The summed E-state index contributed by atoms with van der Waals surface area (Å²) < 4.78 is 3.69. The predicted octanol–water partition coefficient (Wildman–Crippen LogP) is 1.28. The van der Waals surface area contributed by atoms with Crippen molar-refractivity contribution in [1.82, 2.24) is 34.5 Å². The highest BCUT2D eigenvalue weighted by Crippen LogP contribution is 2.31. The number of para-hydroxylation sites is 1. The standard InChI is InChI=1S/C17H13N9/c1-10-12-16(26(23-10)11-5-3-2-4-6-11)21-15-13(20-12)14-18-7-8-24(14)17-22-19-9-25(15)17/h2-6,9H,7-8H2,1H3. The zero-order chi connectivity index (χ0) is 17.3. The van der Waals surface area contributed by atoms with E-state index in [1.807, 2.05) is 51.4 Å². The number of aromatic nitrogens is 7. The number of aryl methyl sites for hydroxylation is 1. The fourth-order valence-corrected chi connectivity index (χ4v) is 3.53. The molecule has 0 amide bonds. The van der Waals surface area contributed by atoms with Gasteiger partial charge in [-0.25, -0.2) is 19.2 Å². The quantitative estimate of drug-likeness (QED) is 0.517. The van der Waals surface area contributed by atoms with Crippen LogP contribution in [0.4, 0.5) is 5.95 Å². The summed E-state index contributed by atoms with van der Waals surface area (Å²) in [6.07, 6.45) is 1.67. The molecule has 2 aliphatic rings. The Labute approximate surface area is 147 Å². The largest absolute Gasteiger partial charge is 0.291 e. The van der Waals surface area contributed by atoms with Crippen LogP contribution >= 0.6 is 0 Å². The third-order valence-corrected chi connectivity index (χ3v) is 4.71. The van der Waals surface area contributed by atoms with Crippen LogP contribution < -0.4 is 4.90 Å². The van der Waals surface area contributed by atoms with Gasteiger partial charge in [-0.1, -0.05) is 18.2 Å². The molecule has 0 spiro atoms. The van der Waals surface area contributed by atoms with E-state index in [0.29, 0.717) is 18.0 Å². The molecule has 0 aliphatic carbocycles. The molecule has 26 heavy (non-hydrogen) atoms. The lowest BCUT2D eigenvalue weighted by molar-refractivity contribution is 0.861. The van der Waals surface area contributed by atoms with Gasteiger partial charge >= 0.3 is 0 Å². The number of nitrogens with zero attached hydrogens (tertiary/aromatic N) is 9. The van der Waals surface area contributed by atoms with Crippen LogP contribution in [0.15, 0.2) is 41.7 Å². The molecule has 9 heteroatoms. The Hall–Kier alpha value is -3.62. The van der Waals surface area contributed by atoms with Gasteiger partial charge in [0.1, 0.15) is 17.5 Å². The molecule has 5 heterocycles. The molecule has 4 aromatic rings. The van der Waals surface area contributed by atoms with Gasteiger partial charge in [0.2, 0.25) is 5.95 Å². The monoisotopic (exact) mass is 343 g/mol. The number of amidine groups is 1. The minimum absolute atomic E-state index is 0.687. The third-order valence-electron chi connectivity index (χ3n) is 4.71. The maximum atomic E-state index is 4.90. The van der Waals surface area contributed by atoms with Gasteiger partial charge < -0.3 is 0 Å². The number of aliphatic imine (C=N–C) groups is 1. The fourth-order valence-electron chi connectivity index (χ4n) is 3.53. The molecule has 0 N–H and O–H groups in total. The first-order valence-electron chi connectivity index (χ1n) is 8.37. The van der Waals surface area contributed by atoms with Gasteiger partial charge in [-0.3, -0.25) is 9.89 Å². The molecule has 126 valence electrons. The van der Waals surface area contributed by atoms with Gasteiger partial charge in [0.05, 0.1) is 17.9 Å². The minimum Gasteiger partial charge on any atom is -0.291 e. The number of benzene rings is 1. The van der Waals surface area contributed by atoms with Crippen LogP contribution in [0.5, 0.6) is 0 Å². The first-order chi connectivity index (χ1) is 12.8. The molecule has 9 nitrogen and oxygen atoms in total. The molecule has 2 aliphatic heterocycles. The van der Waals surface area contributed by atoms with E-state index in [4.69, 9.17) is 9.97 Å². The second-order valence-electron chi connectivity index (χ2n) is 6.26. The van der Waals surface area contributed by atoms with Crippen molar-refractivity contribution in [3.05, 3.63) is 48.0 Å². The lowest BCUT2D eigenvalue weighted by atomic mass is 10.2. The molecule has 0 saturated carbocycles. The molecule has 6 rings (SSSR count). The molecule has 0 unspecified atom stereocenters. The van der Waals surface area contributed by atoms with E-state index in [0.717, 1.165) is 40.9 Å². The van der Waals surface area contributed by atoms with Crippen molar-refractivity contribution < 1.29 is 0 Å². The van der Waals surface area contributed by atoms with Gasteiger partial charge in [-0.2, -0.15) is 5.10 Å². The van der Waals surface area contributed by atoms with Crippen LogP contribution in [0.1, 0.15) is 11.4 Å². The van der Waals surface area contributed by atoms with Crippen molar-refractivity contribution >= 4 is 22.9 Å². The first-order valence-corrected chi connectivity index (χ1v) is 8.37. The Balaban J connectivity index is 1.69. The van der Waals surface area contributed by atoms with Crippen LogP contribution in [0, 0.1) is 6.92 Å². The highest BCUT2D eigenvalue weighted by atomic mass is 15.5. The van der Waals surface area contributed by atoms with Crippen LogP contribution in [0.2, 0.25) is 0 Å². The van der Waals surface area contributed by atoms with Gasteiger partial charge in [0.15, 0.2) is 17.3 Å². The zero-order valence-electron chi connectivity index (χ0n) is 13.9. The lowest BCUT2D eigenvalue weighted by Crippen LogP contribution is -2.36. The van der Waals surface area contributed by atoms with Crippen LogP contribution in [0.3, 0.4) is 0 Å². The van der Waals surface area contributed by atoms with Crippen molar-refractivity contribution in [2.45, 2.75) is 6.92 Å². The number of hydrogen-bond acceptors (Lipinski definition) is 7. The summed E-state index contributed by atoms with van der Waals surface area (Å²) in [5.41, 5.74) is 4.01. The van der Waals surface area contributed by atoms with Gasteiger partial charge in [0.25, 0.3) is 0 Å². The Morgan fingerprint density at radius 2 is 1.96 bits per heavy atom. The van der Waals surface area contributed by atoms with E-state index < -0.39 is 0 Å². The lowest BCUT2D eigenvalue weighted by Gasteiger charge is -2.25. The van der Waals surface area contributed by atoms with Crippen molar-refractivity contribution in [3.8, 4) is 11.5 Å². The van der Waals surface area contributed by atoms with Crippen molar-refractivity contribution in [2.75, 3.05) is 18.0 Å². The van der Waals surface area contributed by atoms with Crippen LogP contribution in [-0.2, 0) is 0 Å². The van der Waals surface area contributed by atoms with E-state index in [9.17, 15) is 0 Å².